The smallest absolute Gasteiger partial charge is 0.238 e. The molecule has 4 nitrogen and oxygen atoms in total. The van der Waals surface area contributed by atoms with Crippen LogP contribution in [0.3, 0.4) is 0 Å². The largest absolute Gasteiger partial charge is 0.495 e. The molecule has 1 aromatic rings. The topological polar surface area (TPSA) is 46.6 Å². The van der Waals surface area contributed by atoms with Crippen LogP contribution in [-0.4, -0.2) is 18.9 Å². The minimum Gasteiger partial charge on any atom is -0.495 e. The van der Waals surface area contributed by atoms with E-state index in [4.69, 9.17) is 4.74 Å². The molecule has 0 aromatic heterocycles. The number of rotatable bonds is 2. The molecule has 1 aromatic carbocycles. The molecule has 1 heterocycles. The number of methoxy groups -OCH3 is 1. The van der Waals surface area contributed by atoms with E-state index in [1.165, 1.54) is 11.3 Å². The molecule has 0 N–H and O–H groups in total. The predicted octanol–water partition coefficient (Wildman–Crippen LogP) is 2.25. The average Bonchev–Trinajstić information content (AvgIpc) is 3.32. The van der Waals surface area contributed by atoms with Crippen LogP contribution in [0.15, 0.2) is 36.4 Å². The third-order valence-electron chi connectivity index (χ3n) is 5.99. The molecular formula is C18H17NO3. The Morgan fingerprint density at radius 1 is 1.00 bits per heavy atom. The maximum atomic E-state index is 13.0. The summed E-state index contributed by atoms with van der Waals surface area (Å²) < 4.78 is 5.35. The van der Waals surface area contributed by atoms with Gasteiger partial charge in [0.1, 0.15) is 5.75 Å². The second-order valence-corrected chi connectivity index (χ2v) is 6.84. The van der Waals surface area contributed by atoms with E-state index in [0.29, 0.717) is 23.3 Å². The van der Waals surface area contributed by atoms with Crippen molar-refractivity contribution in [3.63, 3.8) is 0 Å². The molecule has 2 bridgehead atoms. The zero-order valence-electron chi connectivity index (χ0n) is 12.3. The lowest BCUT2D eigenvalue weighted by Gasteiger charge is -2.37. The Bertz CT molecular complexity index is 689. The van der Waals surface area contributed by atoms with Crippen LogP contribution in [0.25, 0.3) is 0 Å². The molecule has 4 aliphatic carbocycles. The second kappa shape index (κ2) is 4.00. The minimum atomic E-state index is -0.156. The molecule has 5 aliphatic rings. The van der Waals surface area contributed by atoms with Crippen LogP contribution in [0.4, 0.5) is 5.69 Å². The van der Waals surface area contributed by atoms with Gasteiger partial charge in [0.05, 0.1) is 24.6 Å². The lowest BCUT2D eigenvalue weighted by Crippen LogP contribution is -2.40. The Morgan fingerprint density at radius 3 is 2.18 bits per heavy atom. The Labute approximate surface area is 128 Å². The van der Waals surface area contributed by atoms with Crippen molar-refractivity contribution >= 4 is 17.5 Å². The predicted molar refractivity (Wildman–Crippen MR) is 80.2 cm³/mol. The van der Waals surface area contributed by atoms with Gasteiger partial charge in [0.2, 0.25) is 11.8 Å². The maximum Gasteiger partial charge on any atom is 0.238 e. The van der Waals surface area contributed by atoms with Crippen LogP contribution in [-0.2, 0) is 9.59 Å². The molecule has 1 saturated heterocycles. The zero-order valence-corrected chi connectivity index (χ0v) is 12.3. The number of hydrogen-bond donors (Lipinski definition) is 0. The van der Waals surface area contributed by atoms with Gasteiger partial charge in [-0.05, 0) is 42.2 Å². The Hall–Kier alpha value is -2.10. The SMILES string of the molecule is COc1ccccc1N1C(=O)C2C3C=CC(C4CC34)C2C1=O. The highest BCUT2D eigenvalue weighted by molar-refractivity contribution is 6.23. The molecule has 0 radical (unpaired) electrons. The van der Waals surface area contributed by atoms with E-state index in [-0.39, 0.29) is 35.5 Å². The maximum absolute atomic E-state index is 13.0. The van der Waals surface area contributed by atoms with Crippen molar-refractivity contribution in [1.29, 1.82) is 0 Å². The van der Waals surface area contributed by atoms with Gasteiger partial charge in [0.15, 0.2) is 0 Å². The normalized spacial score (nSPS) is 40.7. The summed E-state index contributed by atoms with van der Waals surface area (Å²) in [6.45, 7) is 0. The highest BCUT2D eigenvalue weighted by atomic mass is 16.5. The number of nitrogens with zero attached hydrogens (tertiary/aromatic N) is 1. The van der Waals surface area contributed by atoms with E-state index >= 15 is 0 Å². The van der Waals surface area contributed by atoms with Crippen LogP contribution in [0.2, 0.25) is 0 Å². The molecule has 112 valence electrons. The van der Waals surface area contributed by atoms with Crippen LogP contribution in [0.1, 0.15) is 6.42 Å². The number of amides is 2. The Morgan fingerprint density at radius 2 is 1.59 bits per heavy atom. The minimum absolute atomic E-state index is 0.0378. The van der Waals surface area contributed by atoms with Gasteiger partial charge in [0, 0.05) is 0 Å². The fourth-order valence-electron chi connectivity index (χ4n) is 5.01. The lowest BCUT2D eigenvalue weighted by atomic mass is 9.63. The first-order chi connectivity index (χ1) is 10.7. The van der Waals surface area contributed by atoms with Crippen molar-refractivity contribution in [3.8, 4) is 5.75 Å². The van der Waals surface area contributed by atoms with Gasteiger partial charge in [-0.3, -0.25) is 9.59 Å². The van der Waals surface area contributed by atoms with Gasteiger partial charge >= 0.3 is 0 Å². The van der Waals surface area contributed by atoms with Gasteiger partial charge < -0.3 is 4.74 Å². The summed E-state index contributed by atoms with van der Waals surface area (Å²) in [5, 5.41) is 0. The number of allylic oxidation sites excluding steroid dienone is 2. The summed E-state index contributed by atoms with van der Waals surface area (Å²) in [5.74, 6) is 1.97. The van der Waals surface area contributed by atoms with Gasteiger partial charge in [-0.15, -0.1) is 0 Å². The van der Waals surface area contributed by atoms with Crippen LogP contribution < -0.4 is 9.64 Å². The lowest BCUT2D eigenvalue weighted by molar-refractivity contribution is -0.124. The molecule has 6 unspecified atom stereocenters. The first-order valence-corrected chi connectivity index (χ1v) is 7.91. The molecule has 6 rings (SSSR count). The van der Waals surface area contributed by atoms with Gasteiger partial charge in [0.25, 0.3) is 0 Å². The number of carbonyl (C=O) groups excluding carboxylic acids is 2. The molecule has 2 amide bonds. The number of benzene rings is 1. The van der Waals surface area contributed by atoms with E-state index in [1.54, 1.807) is 19.2 Å². The average molecular weight is 295 g/mol. The van der Waals surface area contributed by atoms with Crippen molar-refractivity contribution in [1.82, 2.24) is 0 Å². The molecule has 6 atom stereocenters. The molecule has 4 heteroatoms. The van der Waals surface area contributed by atoms with Gasteiger partial charge in [-0.25, -0.2) is 4.90 Å². The first kappa shape index (κ1) is 12.4. The molecule has 1 aliphatic heterocycles. The van der Waals surface area contributed by atoms with Gasteiger partial charge in [-0.1, -0.05) is 24.3 Å². The van der Waals surface area contributed by atoms with Crippen molar-refractivity contribution < 1.29 is 14.3 Å². The number of anilines is 1. The van der Waals surface area contributed by atoms with Crippen molar-refractivity contribution in [2.75, 3.05) is 12.0 Å². The van der Waals surface area contributed by atoms with E-state index in [2.05, 4.69) is 12.2 Å². The van der Waals surface area contributed by atoms with E-state index in [9.17, 15) is 9.59 Å². The van der Waals surface area contributed by atoms with E-state index in [0.717, 1.165) is 0 Å². The number of ether oxygens (including phenoxy) is 1. The molecule has 2 saturated carbocycles. The number of carbonyl (C=O) groups is 2. The summed E-state index contributed by atoms with van der Waals surface area (Å²) in [7, 11) is 1.57. The summed E-state index contributed by atoms with van der Waals surface area (Å²) in [5.41, 5.74) is 0.586. The monoisotopic (exact) mass is 295 g/mol. The van der Waals surface area contributed by atoms with Crippen LogP contribution in [0.5, 0.6) is 5.75 Å². The number of para-hydroxylation sites is 2. The Kier molecular flexibility index (Phi) is 2.26. The Balaban J connectivity index is 1.60. The fourth-order valence-corrected chi connectivity index (χ4v) is 5.01. The fraction of sp³-hybridized carbons (Fsp3) is 0.444. The van der Waals surface area contributed by atoms with Crippen molar-refractivity contribution in [2.24, 2.45) is 35.5 Å². The van der Waals surface area contributed by atoms with Crippen molar-refractivity contribution in [2.45, 2.75) is 6.42 Å². The second-order valence-electron chi connectivity index (χ2n) is 6.84. The third-order valence-corrected chi connectivity index (χ3v) is 5.99. The molecule has 3 fully saturated rings. The molecular weight excluding hydrogens is 278 g/mol. The summed E-state index contributed by atoms with van der Waals surface area (Å²) in [4.78, 5) is 27.4. The van der Waals surface area contributed by atoms with Crippen molar-refractivity contribution in [3.05, 3.63) is 36.4 Å². The number of hydrogen-bond acceptors (Lipinski definition) is 3. The van der Waals surface area contributed by atoms with E-state index in [1.807, 2.05) is 12.1 Å². The standard InChI is InChI=1S/C18H17NO3/c1-22-14-5-3-2-4-13(14)19-17(20)15-9-6-7-10(12-8-11(9)12)16(15)18(19)21/h2-7,9-12,15-16H,8H2,1H3. The quantitative estimate of drug-likeness (QED) is 0.621. The summed E-state index contributed by atoms with van der Waals surface area (Å²) >= 11 is 0. The van der Waals surface area contributed by atoms with E-state index < -0.39 is 0 Å². The zero-order chi connectivity index (χ0) is 15.0. The third kappa shape index (κ3) is 1.33. The number of imide groups is 1. The van der Waals surface area contributed by atoms with Crippen LogP contribution >= 0.6 is 0 Å². The first-order valence-electron chi connectivity index (χ1n) is 7.91. The highest BCUT2D eigenvalue weighted by Crippen LogP contribution is 2.65. The summed E-state index contributed by atoms with van der Waals surface area (Å²) in [6, 6.07) is 7.27. The van der Waals surface area contributed by atoms with Crippen LogP contribution in [0, 0.1) is 35.5 Å². The molecule has 0 spiro atoms. The van der Waals surface area contributed by atoms with Gasteiger partial charge in [-0.2, -0.15) is 0 Å². The highest BCUT2D eigenvalue weighted by Gasteiger charge is 2.67. The molecule has 22 heavy (non-hydrogen) atoms. The summed E-state index contributed by atoms with van der Waals surface area (Å²) in [6.07, 6.45) is 5.57.